The van der Waals surface area contributed by atoms with Crippen LogP contribution in [0.25, 0.3) is 12.2 Å². The number of carbonyl (C=O) groups is 2. The first-order valence-electron chi connectivity index (χ1n) is 10.7. The van der Waals surface area contributed by atoms with Crippen LogP contribution in [0.15, 0.2) is 109 Å². The van der Waals surface area contributed by atoms with E-state index in [0.29, 0.717) is 11.1 Å². The van der Waals surface area contributed by atoms with E-state index in [2.05, 4.69) is 9.47 Å². The molecule has 0 radical (unpaired) electrons. The number of ether oxygens (including phenoxy) is 2. The summed E-state index contributed by atoms with van der Waals surface area (Å²) in [6.07, 6.45) is 0.0724. The van der Waals surface area contributed by atoms with E-state index in [0.717, 1.165) is 0 Å². The standard InChI is InChI=1S/C28H16F6O4/c29-25(30)27(33)37-19-11-5-17(6-12-19)9-15-23(35)21-3-1-2-4-22(21)24(36)16-10-18-7-13-20(14-8-18)38-28(34)26(31)32/h1-16H. The highest BCUT2D eigenvalue weighted by molar-refractivity contribution is 6.17. The number of halogens is 6. The van der Waals surface area contributed by atoms with E-state index in [4.69, 9.17) is 0 Å². The van der Waals surface area contributed by atoms with E-state index >= 15 is 0 Å². The van der Waals surface area contributed by atoms with Gasteiger partial charge in [0.25, 0.3) is 0 Å². The highest BCUT2D eigenvalue weighted by Gasteiger charge is 2.13. The van der Waals surface area contributed by atoms with Gasteiger partial charge in [0.15, 0.2) is 11.6 Å². The lowest BCUT2D eigenvalue weighted by Crippen LogP contribution is -2.05. The fraction of sp³-hybridized carbons (Fsp3) is 0. The molecule has 194 valence electrons. The zero-order valence-electron chi connectivity index (χ0n) is 19.1. The van der Waals surface area contributed by atoms with Gasteiger partial charge in [-0.15, -0.1) is 0 Å². The van der Waals surface area contributed by atoms with Crippen LogP contribution in [-0.4, -0.2) is 11.6 Å². The van der Waals surface area contributed by atoms with Gasteiger partial charge in [-0.3, -0.25) is 9.59 Å². The summed E-state index contributed by atoms with van der Waals surface area (Å²) in [6.45, 7) is 0. The summed E-state index contributed by atoms with van der Waals surface area (Å²) in [5.41, 5.74) is 1.19. The van der Waals surface area contributed by atoms with Crippen molar-refractivity contribution >= 4 is 23.7 Å². The second-order valence-electron chi connectivity index (χ2n) is 7.35. The van der Waals surface area contributed by atoms with Gasteiger partial charge in [0.1, 0.15) is 11.5 Å². The van der Waals surface area contributed by atoms with Gasteiger partial charge in [-0.2, -0.15) is 26.3 Å². The molecule has 0 N–H and O–H groups in total. The predicted octanol–water partition coefficient (Wildman–Crippen LogP) is 8.31. The first kappa shape index (κ1) is 27.7. The fourth-order valence-electron chi connectivity index (χ4n) is 3.01. The van der Waals surface area contributed by atoms with Gasteiger partial charge in [0.05, 0.1) is 0 Å². The van der Waals surface area contributed by atoms with Crippen LogP contribution >= 0.6 is 0 Å². The van der Waals surface area contributed by atoms with Crippen molar-refractivity contribution in [1.29, 1.82) is 0 Å². The highest BCUT2D eigenvalue weighted by atomic mass is 19.3. The minimum atomic E-state index is -2.59. The number of allylic oxidation sites excluding steroid dienone is 2. The molecule has 0 heterocycles. The second kappa shape index (κ2) is 12.9. The summed E-state index contributed by atoms with van der Waals surface area (Å²) in [7, 11) is 0. The first-order chi connectivity index (χ1) is 18.1. The molecule has 0 unspecified atom stereocenters. The molecule has 4 nitrogen and oxygen atoms in total. The Morgan fingerprint density at radius 1 is 0.526 bits per heavy atom. The van der Waals surface area contributed by atoms with Crippen molar-refractivity contribution in [3.05, 3.63) is 131 Å². The molecular formula is C28H16F6O4. The molecule has 0 saturated carbocycles. The molecule has 0 bridgehead atoms. The van der Waals surface area contributed by atoms with Crippen LogP contribution in [-0.2, 0) is 0 Å². The third-order valence-corrected chi connectivity index (χ3v) is 4.78. The Bertz CT molecular complexity index is 1320. The molecule has 0 fully saturated rings. The minimum Gasteiger partial charge on any atom is -0.428 e. The first-order valence-corrected chi connectivity index (χ1v) is 10.7. The van der Waals surface area contributed by atoms with Crippen molar-refractivity contribution in [3.8, 4) is 11.5 Å². The van der Waals surface area contributed by atoms with Gasteiger partial charge in [-0.25, -0.2) is 0 Å². The summed E-state index contributed by atoms with van der Waals surface area (Å²) in [4.78, 5) is 25.5. The normalized spacial score (nSPS) is 10.9. The SMILES string of the molecule is O=C(C=Cc1ccc(OC(F)=C(F)F)cc1)c1ccccc1C(=O)C=Cc1ccc(OC(F)=C(F)F)cc1. The molecule has 0 aliphatic carbocycles. The van der Waals surface area contributed by atoms with Crippen LogP contribution in [0.2, 0.25) is 0 Å². The van der Waals surface area contributed by atoms with Crippen LogP contribution < -0.4 is 9.47 Å². The molecule has 0 saturated heterocycles. The average molecular weight is 530 g/mol. The fourth-order valence-corrected chi connectivity index (χ4v) is 3.01. The van der Waals surface area contributed by atoms with E-state index in [1.54, 1.807) is 12.1 Å². The molecule has 0 atom stereocenters. The number of benzene rings is 3. The summed E-state index contributed by atoms with van der Waals surface area (Å²) < 4.78 is 82.9. The Kier molecular flexibility index (Phi) is 9.42. The van der Waals surface area contributed by atoms with Crippen LogP contribution in [0, 0.1) is 0 Å². The smallest absolute Gasteiger partial charge is 0.344 e. The highest BCUT2D eigenvalue weighted by Crippen LogP contribution is 2.21. The molecule has 3 aromatic carbocycles. The summed E-state index contributed by atoms with van der Waals surface area (Å²) in [5, 5.41) is 0. The van der Waals surface area contributed by atoms with Gasteiger partial charge < -0.3 is 9.47 Å². The Labute approximate surface area is 212 Å². The zero-order valence-corrected chi connectivity index (χ0v) is 19.1. The molecule has 0 amide bonds. The van der Waals surface area contributed by atoms with E-state index in [-0.39, 0.29) is 22.6 Å². The monoisotopic (exact) mass is 530 g/mol. The maximum Gasteiger partial charge on any atom is 0.344 e. The third-order valence-electron chi connectivity index (χ3n) is 4.78. The van der Waals surface area contributed by atoms with Crippen LogP contribution in [0.4, 0.5) is 26.3 Å². The maximum absolute atomic E-state index is 12.9. The van der Waals surface area contributed by atoms with Crippen LogP contribution in [0.5, 0.6) is 11.5 Å². The van der Waals surface area contributed by atoms with Crippen molar-refractivity contribution in [2.24, 2.45) is 0 Å². The topological polar surface area (TPSA) is 52.6 Å². The molecule has 0 aliphatic rings. The van der Waals surface area contributed by atoms with Crippen molar-refractivity contribution in [2.75, 3.05) is 0 Å². The van der Waals surface area contributed by atoms with Gasteiger partial charge in [-0.1, -0.05) is 60.7 Å². The number of hydrogen-bond acceptors (Lipinski definition) is 4. The Morgan fingerprint density at radius 2 is 0.868 bits per heavy atom. The average Bonchev–Trinajstić information content (AvgIpc) is 2.91. The molecule has 0 spiro atoms. The number of rotatable bonds is 10. The van der Waals surface area contributed by atoms with E-state index < -0.39 is 35.8 Å². The van der Waals surface area contributed by atoms with Gasteiger partial charge in [0.2, 0.25) is 0 Å². The number of hydrogen-bond donors (Lipinski definition) is 0. The molecule has 0 aromatic heterocycles. The summed E-state index contributed by atoms with van der Waals surface area (Å²) in [5.74, 6) is -1.32. The zero-order chi connectivity index (χ0) is 27.7. The number of carbonyl (C=O) groups excluding carboxylic acids is 2. The van der Waals surface area contributed by atoms with Crippen LogP contribution in [0.3, 0.4) is 0 Å². The molecule has 3 aromatic rings. The summed E-state index contributed by atoms with van der Waals surface area (Å²) in [6, 6.07) is 12.7. The Hall–Kier alpha value is -4.86. The lowest BCUT2D eigenvalue weighted by Gasteiger charge is -2.04. The third kappa shape index (κ3) is 7.82. The van der Waals surface area contributed by atoms with Crippen molar-refractivity contribution < 1.29 is 45.4 Å². The van der Waals surface area contributed by atoms with E-state index in [1.165, 1.54) is 85.0 Å². The van der Waals surface area contributed by atoms with Crippen molar-refractivity contribution in [1.82, 2.24) is 0 Å². The van der Waals surface area contributed by atoms with Gasteiger partial charge >= 0.3 is 24.2 Å². The lowest BCUT2D eigenvalue weighted by molar-refractivity contribution is 0.101. The quantitative estimate of drug-likeness (QED) is 0.115. The molecule has 10 heteroatoms. The second-order valence-corrected chi connectivity index (χ2v) is 7.35. The van der Waals surface area contributed by atoms with Crippen LogP contribution in [0.1, 0.15) is 31.8 Å². The van der Waals surface area contributed by atoms with E-state index in [9.17, 15) is 35.9 Å². The largest absolute Gasteiger partial charge is 0.428 e. The lowest BCUT2D eigenvalue weighted by atomic mass is 9.99. The Balaban J connectivity index is 1.69. The van der Waals surface area contributed by atoms with Gasteiger partial charge in [0, 0.05) is 11.1 Å². The molecule has 0 aliphatic heterocycles. The predicted molar refractivity (Wildman–Crippen MR) is 128 cm³/mol. The van der Waals surface area contributed by atoms with E-state index in [1.807, 2.05) is 0 Å². The molecule has 38 heavy (non-hydrogen) atoms. The minimum absolute atomic E-state index is 0.114. The summed E-state index contributed by atoms with van der Waals surface area (Å²) >= 11 is 0. The molecular weight excluding hydrogens is 514 g/mol. The van der Waals surface area contributed by atoms with Crippen molar-refractivity contribution in [2.45, 2.75) is 0 Å². The van der Waals surface area contributed by atoms with Crippen molar-refractivity contribution in [3.63, 3.8) is 0 Å². The Morgan fingerprint density at radius 3 is 1.18 bits per heavy atom. The molecule has 3 rings (SSSR count). The van der Waals surface area contributed by atoms with Gasteiger partial charge in [-0.05, 0) is 47.5 Å². The number of ketones is 2. The maximum atomic E-state index is 12.9.